The van der Waals surface area contributed by atoms with Crippen LogP contribution < -0.4 is 5.32 Å². The van der Waals surface area contributed by atoms with Gasteiger partial charge in [0.15, 0.2) is 0 Å². The Bertz CT molecular complexity index is 258. The van der Waals surface area contributed by atoms with E-state index in [0.717, 1.165) is 16.8 Å². The lowest BCUT2D eigenvalue weighted by atomic mass is 10.3. The first-order valence-electron chi connectivity index (χ1n) is 5.00. The van der Waals surface area contributed by atoms with Crippen LogP contribution in [-0.2, 0) is 5.75 Å². The molecule has 0 spiro atoms. The molecular formula is C11H18N2S. The third-order valence-corrected chi connectivity index (χ3v) is 3.59. The average Bonchev–Trinajstić information content (AvgIpc) is 2.26. The highest BCUT2D eigenvalue weighted by Gasteiger charge is 2.00. The van der Waals surface area contributed by atoms with Crippen molar-refractivity contribution in [2.75, 3.05) is 12.4 Å². The number of pyridine rings is 1. The molecule has 0 saturated heterocycles. The highest BCUT2D eigenvalue weighted by molar-refractivity contribution is 7.99. The molecule has 2 nitrogen and oxygen atoms in total. The van der Waals surface area contributed by atoms with Crippen molar-refractivity contribution < 1.29 is 0 Å². The standard InChI is InChI=1S/C11H18N2S/c1-4-9(2)14-8-10-5-6-11(12-3)13-7-10/h5-7,9H,4,8H2,1-3H3,(H,12,13). The molecular weight excluding hydrogens is 192 g/mol. The second kappa shape index (κ2) is 5.91. The van der Waals surface area contributed by atoms with E-state index in [1.165, 1.54) is 12.0 Å². The molecule has 0 amide bonds. The Balaban J connectivity index is 2.43. The first-order valence-corrected chi connectivity index (χ1v) is 6.05. The minimum atomic E-state index is 0.735. The van der Waals surface area contributed by atoms with E-state index < -0.39 is 0 Å². The molecule has 0 aliphatic rings. The Hall–Kier alpha value is -0.700. The Labute approximate surface area is 90.5 Å². The van der Waals surface area contributed by atoms with Crippen LogP contribution in [0.5, 0.6) is 0 Å². The number of nitrogens with zero attached hydrogens (tertiary/aromatic N) is 1. The fraction of sp³-hybridized carbons (Fsp3) is 0.545. The molecule has 1 unspecified atom stereocenters. The van der Waals surface area contributed by atoms with Crippen molar-refractivity contribution in [3.05, 3.63) is 23.9 Å². The fourth-order valence-electron chi connectivity index (χ4n) is 1.01. The predicted octanol–water partition coefficient (Wildman–Crippen LogP) is 3.16. The van der Waals surface area contributed by atoms with Gasteiger partial charge in [-0.05, 0) is 18.1 Å². The van der Waals surface area contributed by atoms with Crippen LogP contribution in [-0.4, -0.2) is 17.3 Å². The maximum absolute atomic E-state index is 4.28. The summed E-state index contributed by atoms with van der Waals surface area (Å²) in [6, 6.07) is 4.15. The van der Waals surface area contributed by atoms with Crippen LogP contribution in [0.1, 0.15) is 25.8 Å². The molecule has 0 aromatic carbocycles. The van der Waals surface area contributed by atoms with Gasteiger partial charge in [0.2, 0.25) is 0 Å². The normalized spacial score (nSPS) is 12.5. The molecule has 1 aromatic heterocycles. The van der Waals surface area contributed by atoms with Gasteiger partial charge in [-0.2, -0.15) is 11.8 Å². The third kappa shape index (κ3) is 3.58. The van der Waals surface area contributed by atoms with E-state index in [0.29, 0.717) is 0 Å². The largest absolute Gasteiger partial charge is 0.373 e. The molecule has 0 aliphatic heterocycles. The number of hydrogen-bond acceptors (Lipinski definition) is 3. The monoisotopic (exact) mass is 210 g/mol. The number of rotatable bonds is 5. The smallest absolute Gasteiger partial charge is 0.125 e. The van der Waals surface area contributed by atoms with E-state index in [1.807, 2.05) is 31.1 Å². The Morgan fingerprint density at radius 2 is 2.29 bits per heavy atom. The Morgan fingerprint density at radius 3 is 2.79 bits per heavy atom. The van der Waals surface area contributed by atoms with E-state index in [1.54, 1.807) is 0 Å². The van der Waals surface area contributed by atoms with Crippen LogP contribution >= 0.6 is 11.8 Å². The predicted molar refractivity (Wildman–Crippen MR) is 64.8 cm³/mol. The lowest BCUT2D eigenvalue weighted by molar-refractivity contribution is 0.905. The Kier molecular flexibility index (Phi) is 4.80. The van der Waals surface area contributed by atoms with Gasteiger partial charge in [0.25, 0.3) is 0 Å². The van der Waals surface area contributed by atoms with Crippen molar-refractivity contribution in [2.24, 2.45) is 0 Å². The molecule has 14 heavy (non-hydrogen) atoms. The number of aromatic nitrogens is 1. The van der Waals surface area contributed by atoms with Gasteiger partial charge >= 0.3 is 0 Å². The highest BCUT2D eigenvalue weighted by Crippen LogP contribution is 2.19. The minimum absolute atomic E-state index is 0.735. The van der Waals surface area contributed by atoms with E-state index in [9.17, 15) is 0 Å². The Morgan fingerprint density at radius 1 is 1.50 bits per heavy atom. The number of anilines is 1. The number of nitrogens with one attached hydrogen (secondary N) is 1. The molecule has 3 heteroatoms. The van der Waals surface area contributed by atoms with Gasteiger partial charge in [0, 0.05) is 24.2 Å². The molecule has 1 atom stereocenters. The second-order valence-corrected chi connectivity index (χ2v) is 4.76. The molecule has 0 radical (unpaired) electrons. The molecule has 1 heterocycles. The highest BCUT2D eigenvalue weighted by atomic mass is 32.2. The van der Waals surface area contributed by atoms with Gasteiger partial charge in [0.1, 0.15) is 5.82 Å². The van der Waals surface area contributed by atoms with E-state index in [-0.39, 0.29) is 0 Å². The van der Waals surface area contributed by atoms with Crippen molar-refractivity contribution >= 4 is 17.6 Å². The molecule has 0 fully saturated rings. The van der Waals surface area contributed by atoms with Crippen LogP contribution in [0.3, 0.4) is 0 Å². The summed E-state index contributed by atoms with van der Waals surface area (Å²) in [7, 11) is 1.88. The summed E-state index contributed by atoms with van der Waals surface area (Å²) in [5.74, 6) is 1.99. The van der Waals surface area contributed by atoms with E-state index in [2.05, 4.69) is 30.2 Å². The second-order valence-electron chi connectivity index (χ2n) is 3.33. The van der Waals surface area contributed by atoms with Gasteiger partial charge in [0.05, 0.1) is 0 Å². The van der Waals surface area contributed by atoms with Crippen molar-refractivity contribution in [1.82, 2.24) is 4.98 Å². The molecule has 1 N–H and O–H groups in total. The maximum Gasteiger partial charge on any atom is 0.125 e. The van der Waals surface area contributed by atoms with Gasteiger partial charge in [-0.1, -0.05) is 19.9 Å². The first-order chi connectivity index (χ1) is 6.76. The van der Waals surface area contributed by atoms with Gasteiger partial charge in [-0.3, -0.25) is 0 Å². The van der Waals surface area contributed by atoms with Crippen LogP contribution in [0.2, 0.25) is 0 Å². The van der Waals surface area contributed by atoms with Crippen molar-refractivity contribution in [1.29, 1.82) is 0 Å². The summed E-state index contributed by atoms with van der Waals surface area (Å²) >= 11 is 1.98. The van der Waals surface area contributed by atoms with Gasteiger partial charge in [-0.15, -0.1) is 0 Å². The molecule has 78 valence electrons. The zero-order valence-corrected chi connectivity index (χ0v) is 9.90. The lowest BCUT2D eigenvalue weighted by Gasteiger charge is -2.07. The molecule has 1 rings (SSSR count). The molecule has 1 aromatic rings. The van der Waals surface area contributed by atoms with Crippen molar-refractivity contribution in [3.63, 3.8) is 0 Å². The van der Waals surface area contributed by atoms with Crippen LogP contribution in [0, 0.1) is 0 Å². The number of thioether (sulfide) groups is 1. The van der Waals surface area contributed by atoms with Crippen LogP contribution in [0.15, 0.2) is 18.3 Å². The maximum atomic E-state index is 4.28. The summed E-state index contributed by atoms with van der Waals surface area (Å²) in [6.07, 6.45) is 3.17. The van der Waals surface area contributed by atoms with E-state index >= 15 is 0 Å². The topological polar surface area (TPSA) is 24.9 Å². The minimum Gasteiger partial charge on any atom is -0.373 e. The van der Waals surface area contributed by atoms with Crippen LogP contribution in [0.4, 0.5) is 5.82 Å². The zero-order chi connectivity index (χ0) is 10.4. The third-order valence-electron chi connectivity index (χ3n) is 2.19. The van der Waals surface area contributed by atoms with E-state index in [4.69, 9.17) is 0 Å². The summed E-state index contributed by atoms with van der Waals surface area (Å²) < 4.78 is 0. The fourth-order valence-corrected chi connectivity index (χ4v) is 1.90. The molecule has 0 saturated carbocycles. The summed E-state index contributed by atoms with van der Waals surface area (Å²) in [5.41, 5.74) is 1.30. The van der Waals surface area contributed by atoms with Crippen LogP contribution in [0.25, 0.3) is 0 Å². The van der Waals surface area contributed by atoms with Crippen molar-refractivity contribution in [2.45, 2.75) is 31.3 Å². The van der Waals surface area contributed by atoms with Gasteiger partial charge < -0.3 is 5.32 Å². The number of hydrogen-bond donors (Lipinski definition) is 1. The van der Waals surface area contributed by atoms with Gasteiger partial charge in [-0.25, -0.2) is 4.98 Å². The average molecular weight is 210 g/mol. The quantitative estimate of drug-likeness (QED) is 0.808. The lowest BCUT2D eigenvalue weighted by Crippen LogP contribution is -1.95. The summed E-state index contributed by atoms with van der Waals surface area (Å²) in [5, 5.41) is 3.75. The summed E-state index contributed by atoms with van der Waals surface area (Å²) in [4.78, 5) is 4.28. The molecule has 0 aliphatic carbocycles. The summed E-state index contributed by atoms with van der Waals surface area (Å²) in [6.45, 7) is 4.49. The SMILES string of the molecule is CCC(C)SCc1ccc(NC)nc1. The molecule has 0 bridgehead atoms. The zero-order valence-electron chi connectivity index (χ0n) is 9.08. The van der Waals surface area contributed by atoms with Crippen molar-refractivity contribution in [3.8, 4) is 0 Å². The first kappa shape index (κ1) is 11.4.